The summed E-state index contributed by atoms with van der Waals surface area (Å²) in [6.45, 7) is -0.857. The molecule has 176 valence electrons. The van der Waals surface area contributed by atoms with Crippen LogP contribution in [0.15, 0.2) is 65.3 Å². The van der Waals surface area contributed by atoms with Crippen molar-refractivity contribution in [2.24, 2.45) is 0 Å². The zero-order chi connectivity index (χ0) is 24.9. The van der Waals surface area contributed by atoms with Gasteiger partial charge in [-0.1, -0.05) is 12.1 Å². The summed E-state index contributed by atoms with van der Waals surface area (Å²) in [5.74, 6) is -2.97. The molecule has 2 heterocycles. The molecule has 35 heavy (non-hydrogen) atoms. The first-order valence-corrected chi connectivity index (χ1v) is 10.5. The van der Waals surface area contributed by atoms with Crippen LogP contribution in [-0.2, 0) is 16.1 Å². The predicted molar refractivity (Wildman–Crippen MR) is 119 cm³/mol. The summed E-state index contributed by atoms with van der Waals surface area (Å²) >= 11 is 0. The van der Waals surface area contributed by atoms with Crippen LogP contribution in [0.4, 0.5) is 10.1 Å². The topological polar surface area (TPSA) is 121 Å². The number of amides is 3. The van der Waals surface area contributed by atoms with E-state index in [1.54, 1.807) is 12.1 Å². The van der Waals surface area contributed by atoms with Gasteiger partial charge in [0.15, 0.2) is 6.61 Å². The minimum absolute atomic E-state index is 0.0318. The fraction of sp³-hybridized carbons (Fsp3) is 0.160. The SMILES string of the molecule is N#CCCN(C(=O)COC(=O)c1ccc2c(c1)C(=O)N(Cc1ccco1)C2=O)c1ccccc1F. The van der Waals surface area contributed by atoms with Crippen LogP contribution in [0.25, 0.3) is 0 Å². The lowest BCUT2D eigenvalue weighted by atomic mass is 10.1. The van der Waals surface area contributed by atoms with E-state index in [1.165, 1.54) is 48.7 Å². The Hall–Kier alpha value is -4.78. The second-order valence-corrected chi connectivity index (χ2v) is 7.52. The zero-order valence-corrected chi connectivity index (χ0v) is 18.3. The van der Waals surface area contributed by atoms with Gasteiger partial charge >= 0.3 is 5.97 Å². The summed E-state index contributed by atoms with van der Waals surface area (Å²) in [6.07, 6.45) is 1.38. The van der Waals surface area contributed by atoms with Gasteiger partial charge in [0.2, 0.25) is 0 Å². The molecule has 3 aromatic rings. The standard InChI is InChI=1S/C25H18FN3O6/c26-20-6-1-2-7-21(20)28(11-4-10-27)22(30)15-35-25(33)16-8-9-18-19(13-16)24(32)29(23(18)31)14-17-5-3-12-34-17/h1-3,5-9,12-13H,4,11,14-15H2. The summed E-state index contributed by atoms with van der Waals surface area (Å²) in [6, 6.07) is 14.6. The van der Waals surface area contributed by atoms with Crippen LogP contribution >= 0.6 is 0 Å². The molecule has 0 aliphatic carbocycles. The number of esters is 1. The number of carbonyl (C=O) groups excluding carboxylic acids is 4. The molecule has 1 aliphatic rings. The molecule has 1 aliphatic heterocycles. The summed E-state index contributed by atoms with van der Waals surface area (Å²) in [5.41, 5.74) is 0.0925. The molecule has 0 N–H and O–H groups in total. The highest BCUT2D eigenvalue weighted by Crippen LogP contribution is 2.26. The van der Waals surface area contributed by atoms with Gasteiger partial charge in [-0.15, -0.1) is 0 Å². The number of hydrogen-bond donors (Lipinski definition) is 0. The number of imide groups is 1. The molecule has 0 bridgehead atoms. The van der Waals surface area contributed by atoms with Gasteiger partial charge in [-0.25, -0.2) is 9.18 Å². The van der Waals surface area contributed by atoms with E-state index in [9.17, 15) is 23.6 Å². The van der Waals surface area contributed by atoms with Crippen molar-refractivity contribution < 1.29 is 32.7 Å². The second-order valence-electron chi connectivity index (χ2n) is 7.52. The molecular formula is C25H18FN3O6. The highest BCUT2D eigenvalue weighted by atomic mass is 19.1. The molecule has 0 saturated heterocycles. The van der Waals surface area contributed by atoms with Crippen LogP contribution in [0.5, 0.6) is 0 Å². The Labute approximate surface area is 198 Å². The van der Waals surface area contributed by atoms with Crippen molar-refractivity contribution in [1.29, 1.82) is 5.26 Å². The van der Waals surface area contributed by atoms with Gasteiger partial charge < -0.3 is 14.1 Å². The zero-order valence-electron chi connectivity index (χ0n) is 18.3. The lowest BCUT2D eigenvalue weighted by Gasteiger charge is -2.22. The highest BCUT2D eigenvalue weighted by Gasteiger charge is 2.36. The van der Waals surface area contributed by atoms with E-state index in [4.69, 9.17) is 14.4 Å². The second kappa shape index (κ2) is 10.0. The first kappa shape index (κ1) is 23.4. The molecule has 10 heteroatoms. The number of ether oxygens (including phenoxy) is 1. The summed E-state index contributed by atoms with van der Waals surface area (Å²) in [4.78, 5) is 52.6. The normalized spacial score (nSPS) is 12.3. The van der Waals surface area contributed by atoms with Gasteiger partial charge in [0.1, 0.15) is 11.6 Å². The third kappa shape index (κ3) is 4.79. The maximum absolute atomic E-state index is 14.2. The molecule has 0 unspecified atom stereocenters. The van der Waals surface area contributed by atoms with Crippen molar-refractivity contribution in [1.82, 2.24) is 4.90 Å². The van der Waals surface area contributed by atoms with E-state index in [-0.39, 0.29) is 41.9 Å². The minimum atomic E-state index is -0.903. The van der Waals surface area contributed by atoms with E-state index in [0.29, 0.717) is 5.76 Å². The number of rotatable bonds is 8. The van der Waals surface area contributed by atoms with E-state index < -0.39 is 36.1 Å². The first-order chi connectivity index (χ1) is 16.9. The van der Waals surface area contributed by atoms with Gasteiger partial charge in [-0.3, -0.25) is 19.3 Å². The fourth-order valence-electron chi connectivity index (χ4n) is 3.62. The monoisotopic (exact) mass is 475 g/mol. The minimum Gasteiger partial charge on any atom is -0.467 e. The number of benzene rings is 2. The lowest BCUT2D eigenvalue weighted by Crippen LogP contribution is -2.36. The Morgan fingerprint density at radius 3 is 2.54 bits per heavy atom. The third-order valence-corrected chi connectivity index (χ3v) is 5.32. The predicted octanol–water partition coefficient (Wildman–Crippen LogP) is 3.32. The van der Waals surface area contributed by atoms with Crippen molar-refractivity contribution in [3.8, 4) is 6.07 Å². The first-order valence-electron chi connectivity index (χ1n) is 10.5. The van der Waals surface area contributed by atoms with E-state index in [0.717, 1.165) is 9.80 Å². The Kier molecular flexibility index (Phi) is 6.69. The molecule has 1 aromatic heterocycles. The number of halogens is 1. The van der Waals surface area contributed by atoms with Crippen LogP contribution in [0.1, 0.15) is 43.3 Å². The van der Waals surface area contributed by atoms with Crippen molar-refractivity contribution in [3.05, 3.63) is 89.1 Å². The Bertz CT molecular complexity index is 1350. The molecule has 0 saturated carbocycles. The van der Waals surface area contributed by atoms with Crippen LogP contribution in [0.2, 0.25) is 0 Å². The van der Waals surface area contributed by atoms with Crippen molar-refractivity contribution >= 4 is 29.4 Å². The van der Waals surface area contributed by atoms with Gasteiger partial charge in [0.05, 0.1) is 47.7 Å². The Morgan fingerprint density at radius 2 is 1.83 bits per heavy atom. The maximum atomic E-state index is 14.2. The molecule has 4 rings (SSSR count). The van der Waals surface area contributed by atoms with Crippen molar-refractivity contribution in [3.63, 3.8) is 0 Å². The number of fused-ring (bicyclic) bond motifs is 1. The summed E-state index contributed by atoms with van der Waals surface area (Å²) < 4.78 is 24.5. The number of para-hydroxylation sites is 1. The van der Waals surface area contributed by atoms with Gasteiger partial charge in [0.25, 0.3) is 17.7 Å². The van der Waals surface area contributed by atoms with Gasteiger partial charge in [-0.2, -0.15) is 5.26 Å². The summed E-state index contributed by atoms with van der Waals surface area (Å²) in [5, 5.41) is 8.86. The van der Waals surface area contributed by atoms with Crippen LogP contribution < -0.4 is 4.90 Å². The van der Waals surface area contributed by atoms with Gasteiger partial charge in [-0.05, 0) is 42.5 Å². The number of furan rings is 1. The molecular weight excluding hydrogens is 457 g/mol. The number of anilines is 1. The van der Waals surface area contributed by atoms with E-state index in [2.05, 4.69) is 0 Å². The van der Waals surface area contributed by atoms with Crippen LogP contribution in [0, 0.1) is 17.1 Å². The fourth-order valence-corrected chi connectivity index (χ4v) is 3.62. The maximum Gasteiger partial charge on any atom is 0.338 e. The molecule has 2 aromatic carbocycles. The number of hydrogen-bond acceptors (Lipinski definition) is 7. The Morgan fingerprint density at radius 1 is 1.06 bits per heavy atom. The molecule has 0 atom stereocenters. The molecule has 0 spiro atoms. The van der Waals surface area contributed by atoms with Gasteiger partial charge in [0, 0.05) is 6.54 Å². The van der Waals surface area contributed by atoms with E-state index >= 15 is 0 Å². The Balaban J connectivity index is 1.45. The van der Waals surface area contributed by atoms with E-state index in [1.807, 2.05) is 6.07 Å². The van der Waals surface area contributed by atoms with Crippen molar-refractivity contribution in [2.75, 3.05) is 18.1 Å². The quantitative estimate of drug-likeness (QED) is 0.362. The average molecular weight is 475 g/mol. The van der Waals surface area contributed by atoms with Crippen molar-refractivity contribution in [2.45, 2.75) is 13.0 Å². The third-order valence-electron chi connectivity index (χ3n) is 5.32. The molecule has 3 amide bonds. The summed E-state index contributed by atoms with van der Waals surface area (Å²) in [7, 11) is 0. The smallest absolute Gasteiger partial charge is 0.338 e. The molecule has 9 nitrogen and oxygen atoms in total. The molecule has 0 radical (unpaired) electrons. The largest absolute Gasteiger partial charge is 0.467 e. The lowest BCUT2D eigenvalue weighted by molar-refractivity contribution is -0.121. The molecule has 0 fully saturated rings. The average Bonchev–Trinajstić information content (AvgIpc) is 3.46. The number of carbonyl (C=O) groups is 4. The number of nitriles is 1. The number of nitrogens with zero attached hydrogens (tertiary/aromatic N) is 3. The highest BCUT2D eigenvalue weighted by molar-refractivity contribution is 6.21. The van der Waals surface area contributed by atoms with Crippen LogP contribution in [-0.4, -0.2) is 41.7 Å². The van der Waals surface area contributed by atoms with Crippen LogP contribution in [0.3, 0.4) is 0 Å².